The van der Waals surface area contributed by atoms with E-state index in [1.165, 1.54) is 0 Å². The number of rotatable bonds is 7. The van der Waals surface area contributed by atoms with Gasteiger partial charge in [-0.05, 0) is 33.6 Å². The van der Waals surface area contributed by atoms with E-state index < -0.39 is 5.97 Å². The highest BCUT2D eigenvalue weighted by Crippen LogP contribution is 2.13. The zero-order valence-corrected chi connectivity index (χ0v) is 9.76. The third-order valence-electron chi connectivity index (χ3n) is 2.30. The van der Waals surface area contributed by atoms with E-state index >= 15 is 0 Å². The molecule has 3 heteroatoms. The van der Waals surface area contributed by atoms with Crippen molar-refractivity contribution in [2.45, 2.75) is 65.0 Å². The van der Waals surface area contributed by atoms with Gasteiger partial charge in [0.1, 0.15) is 0 Å². The predicted octanol–water partition coefficient (Wildman–Crippen LogP) is 2.41. The van der Waals surface area contributed by atoms with Crippen molar-refractivity contribution in [3.05, 3.63) is 0 Å². The Labute approximate surface area is 86.9 Å². The number of nitrogens with one attached hydrogen (secondary N) is 1. The molecule has 1 unspecified atom stereocenters. The van der Waals surface area contributed by atoms with Crippen molar-refractivity contribution in [3.63, 3.8) is 0 Å². The number of carboxylic acids is 1. The zero-order valence-electron chi connectivity index (χ0n) is 9.76. The summed E-state index contributed by atoms with van der Waals surface area (Å²) in [5, 5.41) is 12.0. The molecule has 0 aromatic rings. The largest absolute Gasteiger partial charge is 0.481 e. The summed E-state index contributed by atoms with van der Waals surface area (Å²) in [4.78, 5) is 10.4. The molecule has 0 spiro atoms. The van der Waals surface area contributed by atoms with Crippen LogP contribution in [0.2, 0.25) is 0 Å². The lowest BCUT2D eigenvalue weighted by molar-refractivity contribution is -0.137. The van der Waals surface area contributed by atoms with Gasteiger partial charge in [-0.1, -0.05) is 13.3 Å². The smallest absolute Gasteiger partial charge is 0.303 e. The molecule has 0 heterocycles. The maximum atomic E-state index is 10.4. The molecule has 1 atom stereocenters. The summed E-state index contributed by atoms with van der Waals surface area (Å²) in [5.41, 5.74) is 0.118. The average molecular weight is 201 g/mol. The van der Waals surface area contributed by atoms with Crippen LogP contribution < -0.4 is 5.32 Å². The van der Waals surface area contributed by atoms with Crippen LogP contribution in [-0.4, -0.2) is 22.7 Å². The van der Waals surface area contributed by atoms with E-state index in [1.807, 2.05) is 6.92 Å². The lowest BCUT2D eigenvalue weighted by Crippen LogP contribution is -2.44. The van der Waals surface area contributed by atoms with Gasteiger partial charge in [0.15, 0.2) is 0 Å². The molecule has 14 heavy (non-hydrogen) atoms. The van der Waals surface area contributed by atoms with Gasteiger partial charge in [-0.3, -0.25) is 4.79 Å². The first-order valence-electron chi connectivity index (χ1n) is 5.37. The third kappa shape index (κ3) is 6.89. The molecule has 0 rings (SSSR count). The molecule has 0 aliphatic rings. The molecule has 0 aromatic carbocycles. The van der Waals surface area contributed by atoms with E-state index in [0.29, 0.717) is 6.42 Å². The summed E-state index contributed by atoms with van der Waals surface area (Å²) in [7, 11) is 0. The van der Waals surface area contributed by atoms with Gasteiger partial charge in [-0.15, -0.1) is 0 Å². The van der Waals surface area contributed by atoms with Crippen molar-refractivity contribution in [1.29, 1.82) is 0 Å². The maximum absolute atomic E-state index is 10.4. The first-order chi connectivity index (χ1) is 6.37. The Bertz CT molecular complexity index is 178. The summed E-state index contributed by atoms with van der Waals surface area (Å²) in [6.45, 7) is 8.52. The summed E-state index contributed by atoms with van der Waals surface area (Å²) >= 11 is 0. The Morgan fingerprint density at radius 3 is 2.50 bits per heavy atom. The minimum absolute atomic E-state index is 0.118. The fourth-order valence-electron chi connectivity index (χ4n) is 1.78. The van der Waals surface area contributed by atoms with Crippen LogP contribution >= 0.6 is 0 Å². The molecule has 0 fully saturated rings. The van der Waals surface area contributed by atoms with E-state index in [2.05, 4.69) is 26.1 Å². The normalized spacial score (nSPS) is 14.0. The van der Waals surface area contributed by atoms with Crippen LogP contribution in [0.15, 0.2) is 0 Å². The van der Waals surface area contributed by atoms with Crippen LogP contribution in [0.3, 0.4) is 0 Å². The quantitative estimate of drug-likeness (QED) is 0.665. The zero-order chi connectivity index (χ0) is 11.2. The highest BCUT2D eigenvalue weighted by Gasteiger charge is 2.18. The van der Waals surface area contributed by atoms with Crippen LogP contribution in [-0.2, 0) is 4.79 Å². The molecule has 84 valence electrons. The first-order valence-corrected chi connectivity index (χ1v) is 5.37. The third-order valence-corrected chi connectivity index (χ3v) is 2.30. The van der Waals surface area contributed by atoms with Gasteiger partial charge in [0.05, 0.1) is 0 Å². The standard InChI is InChI=1S/C11H23NO2/c1-5-8-11(3,4)12-9(2)6-7-10(13)14/h9,12H,5-8H2,1-4H3,(H,13,14). The van der Waals surface area contributed by atoms with Crippen molar-refractivity contribution in [2.75, 3.05) is 0 Å². The van der Waals surface area contributed by atoms with E-state index in [0.717, 1.165) is 12.8 Å². The summed E-state index contributed by atoms with van der Waals surface area (Å²) in [6.07, 6.45) is 3.20. The molecule has 0 aliphatic carbocycles. The second-order valence-electron chi connectivity index (χ2n) is 4.61. The molecule has 0 saturated heterocycles. The SMILES string of the molecule is CCCC(C)(C)NC(C)CCC(=O)O. The van der Waals surface area contributed by atoms with Gasteiger partial charge in [-0.25, -0.2) is 0 Å². The molecular formula is C11H23NO2. The minimum atomic E-state index is -0.716. The van der Waals surface area contributed by atoms with Crippen LogP contribution in [0.1, 0.15) is 53.4 Å². The number of carboxylic acid groups (broad SMARTS) is 1. The number of carbonyl (C=O) groups is 1. The number of aliphatic carboxylic acids is 1. The van der Waals surface area contributed by atoms with E-state index in [1.54, 1.807) is 0 Å². The van der Waals surface area contributed by atoms with Gasteiger partial charge in [-0.2, -0.15) is 0 Å². The first kappa shape index (κ1) is 13.4. The Balaban J connectivity index is 3.80. The highest BCUT2D eigenvalue weighted by atomic mass is 16.4. The van der Waals surface area contributed by atoms with Gasteiger partial charge in [0.2, 0.25) is 0 Å². The van der Waals surface area contributed by atoms with Crippen LogP contribution in [0.5, 0.6) is 0 Å². The summed E-state index contributed by atoms with van der Waals surface area (Å²) in [5.74, 6) is -0.716. The maximum Gasteiger partial charge on any atom is 0.303 e. The minimum Gasteiger partial charge on any atom is -0.481 e. The Morgan fingerprint density at radius 1 is 1.50 bits per heavy atom. The second kappa shape index (κ2) is 6.02. The molecule has 0 aliphatic heterocycles. The van der Waals surface area contributed by atoms with Crippen molar-refractivity contribution in [3.8, 4) is 0 Å². The lowest BCUT2D eigenvalue weighted by atomic mass is 9.97. The van der Waals surface area contributed by atoms with Crippen molar-refractivity contribution < 1.29 is 9.90 Å². The topological polar surface area (TPSA) is 49.3 Å². The monoisotopic (exact) mass is 201 g/mol. The van der Waals surface area contributed by atoms with Gasteiger partial charge in [0.25, 0.3) is 0 Å². The van der Waals surface area contributed by atoms with Gasteiger partial charge in [0, 0.05) is 18.0 Å². The average Bonchev–Trinajstić information content (AvgIpc) is 1.99. The Morgan fingerprint density at radius 2 is 2.07 bits per heavy atom. The Hall–Kier alpha value is -0.570. The molecular weight excluding hydrogens is 178 g/mol. The van der Waals surface area contributed by atoms with Gasteiger partial charge < -0.3 is 10.4 Å². The van der Waals surface area contributed by atoms with Crippen LogP contribution in [0.4, 0.5) is 0 Å². The molecule has 0 amide bonds. The highest BCUT2D eigenvalue weighted by molar-refractivity contribution is 5.66. The van der Waals surface area contributed by atoms with Gasteiger partial charge >= 0.3 is 5.97 Å². The fourth-order valence-corrected chi connectivity index (χ4v) is 1.78. The number of hydrogen-bond donors (Lipinski definition) is 2. The molecule has 0 radical (unpaired) electrons. The van der Waals surface area contributed by atoms with E-state index in [9.17, 15) is 4.79 Å². The van der Waals surface area contributed by atoms with Crippen molar-refractivity contribution >= 4 is 5.97 Å². The molecule has 3 nitrogen and oxygen atoms in total. The molecule has 2 N–H and O–H groups in total. The number of hydrogen-bond acceptors (Lipinski definition) is 2. The molecule has 0 bridgehead atoms. The lowest BCUT2D eigenvalue weighted by Gasteiger charge is -2.29. The van der Waals surface area contributed by atoms with E-state index in [-0.39, 0.29) is 18.0 Å². The second-order valence-corrected chi connectivity index (χ2v) is 4.61. The summed E-state index contributed by atoms with van der Waals surface area (Å²) in [6, 6.07) is 0.271. The van der Waals surface area contributed by atoms with Crippen molar-refractivity contribution in [1.82, 2.24) is 5.32 Å². The predicted molar refractivity (Wildman–Crippen MR) is 58.5 cm³/mol. The van der Waals surface area contributed by atoms with Crippen molar-refractivity contribution in [2.24, 2.45) is 0 Å². The van der Waals surface area contributed by atoms with Crippen LogP contribution in [0, 0.1) is 0 Å². The molecule has 0 aromatic heterocycles. The van der Waals surface area contributed by atoms with Crippen LogP contribution in [0.25, 0.3) is 0 Å². The fraction of sp³-hybridized carbons (Fsp3) is 0.909. The summed E-state index contributed by atoms with van der Waals surface area (Å²) < 4.78 is 0. The Kier molecular flexibility index (Phi) is 5.77. The molecule has 0 saturated carbocycles. The van der Waals surface area contributed by atoms with E-state index in [4.69, 9.17) is 5.11 Å².